The number of urea groups is 1. The molecule has 1 saturated heterocycles. The number of carbonyl (C=O) groups is 1. The van der Waals surface area contributed by atoms with Crippen molar-refractivity contribution < 1.29 is 23.0 Å². The topological polar surface area (TPSA) is 80.7 Å². The molecule has 2 N–H and O–H groups in total. The smallest absolute Gasteiger partial charge is 0.319 e. The molecule has 2 fully saturated rings. The number of methoxy groups -OCH3 is 2. The van der Waals surface area contributed by atoms with Crippen LogP contribution in [-0.2, 0) is 19.0 Å². The molecule has 1 aliphatic heterocycles. The molecule has 0 spiro atoms. The Bertz CT molecular complexity index is 1420. The van der Waals surface area contributed by atoms with Gasteiger partial charge in [-0.2, -0.15) is 5.10 Å². The van der Waals surface area contributed by atoms with E-state index < -0.39 is 17.7 Å². The van der Waals surface area contributed by atoms with E-state index in [-0.39, 0.29) is 23.2 Å². The van der Waals surface area contributed by atoms with Crippen LogP contribution in [-0.4, -0.2) is 53.6 Å². The number of amides is 2. The normalized spacial score (nSPS) is 22.6. The number of anilines is 1. The molecule has 0 bridgehead atoms. The van der Waals surface area contributed by atoms with E-state index in [1.165, 1.54) is 11.6 Å². The lowest BCUT2D eigenvalue weighted by atomic mass is 9.65. The van der Waals surface area contributed by atoms with Crippen molar-refractivity contribution in [3.05, 3.63) is 70.0 Å². The number of rotatable bonds is 7. The molecule has 0 radical (unpaired) electrons. The molecule has 8 nitrogen and oxygen atoms in total. The van der Waals surface area contributed by atoms with Crippen LogP contribution in [0.3, 0.4) is 0 Å². The molecule has 2 amide bonds. The number of benzene rings is 2. The highest BCUT2D eigenvalue weighted by Gasteiger charge is 2.52. The van der Waals surface area contributed by atoms with Crippen molar-refractivity contribution in [3.8, 4) is 11.5 Å². The average Bonchev–Trinajstić information content (AvgIpc) is 3.42. The summed E-state index contributed by atoms with van der Waals surface area (Å²) in [6.07, 6.45) is 3.25. The van der Waals surface area contributed by atoms with Crippen molar-refractivity contribution in [3.63, 3.8) is 0 Å². The highest BCUT2D eigenvalue weighted by molar-refractivity contribution is 6.30. The van der Waals surface area contributed by atoms with Gasteiger partial charge in [-0.25, -0.2) is 13.6 Å². The van der Waals surface area contributed by atoms with Gasteiger partial charge in [-0.1, -0.05) is 17.7 Å². The van der Waals surface area contributed by atoms with Crippen LogP contribution in [0.1, 0.15) is 42.5 Å². The number of ether oxygens (including phenoxy) is 2. The minimum atomic E-state index is -1.01. The molecule has 2 aliphatic rings. The second kappa shape index (κ2) is 11.2. The quantitative estimate of drug-likeness (QED) is 0.387. The van der Waals surface area contributed by atoms with Gasteiger partial charge in [0.15, 0.2) is 23.1 Å². The molecule has 1 aliphatic carbocycles. The molecule has 11 heteroatoms. The molecular formula is C29H34ClF2N5O3. The Morgan fingerprint density at radius 3 is 2.58 bits per heavy atom. The minimum Gasteiger partial charge on any atom is -0.493 e. The lowest BCUT2D eigenvalue weighted by Crippen LogP contribution is -2.52. The summed E-state index contributed by atoms with van der Waals surface area (Å²) in [4.78, 5) is 15.3. The van der Waals surface area contributed by atoms with Crippen LogP contribution in [0, 0.1) is 18.6 Å². The Hall–Kier alpha value is -3.37. The molecule has 2 aromatic carbocycles. The minimum absolute atomic E-state index is 0.101. The number of aromatic nitrogens is 2. The summed E-state index contributed by atoms with van der Waals surface area (Å²) in [6, 6.07) is 8.96. The van der Waals surface area contributed by atoms with Crippen LogP contribution >= 0.6 is 11.6 Å². The van der Waals surface area contributed by atoms with E-state index in [0.29, 0.717) is 29.6 Å². The Morgan fingerprint density at radius 2 is 1.90 bits per heavy atom. The maximum atomic E-state index is 13.6. The fourth-order valence-corrected chi connectivity index (χ4v) is 6.67. The third kappa shape index (κ3) is 5.22. The van der Waals surface area contributed by atoms with Gasteiger partial charge >= 0.3 is 6.03 Å². The first kappa shape index (κ1) is 28.2. The van der Waals surface area contributed by atoms with Crippen molar-refractivity contribution in [2.24, 2.45) is 7.05 Å². The van der Waals surface area contributed by atoms with Crippen LogP contribution in [0.25, 0.3) is 0 Å². The van der Waals surface area contributed by atoms with Crippen LogP contribution in [0.4, 0.5) is 19.3 Å². The maximum absolute atomic E-state index is 13.6. The second-order valence-corrected chi connectivity index (χ2v) is 11.0. The molecule has 1 aromatic heterocycles. The van der Waals surface area contributed by atoms with Gasteiger partial charge in [0.1, 0.15) is 5.15 Å². The number of nitrogens with zero attached hydrogens (tertiary/aromatic N) is 3. The third-order valence-corrected chi connectivity index (χ3v) is 8.95. The summed E-state index contributed by atoms with van der Waals surface area (Å²) in [5, 5.41) is 10.8. The van der Waals surface area contributed by atoms with Crippen LogP contribution in [0.2, 0.25) is 5.15 Å². The summed E-state index contributed by atoms with van der Waals surface area (Å²) < 4.78 is 39.8. The molecule has 3 atom stereocenters. The van der Waals surface area contributed by atoms with Gasteiger partial charge in [0.25, 0.3) is 0 Å². The van der Waals surface area contributed by atoms with Crippen molar-refractivity contribution in [1.82, 2.24) is 20.0 Å². The summed E-state index contributed by atoms with van der Waals surface area (Å²) in [5.41, 5.74) is 3.11. The number of carbonyl (C=O) groups excluding carboxylic acids is 1. The van der Waals surface area contributed by atoms with Gasteiger partial charge in [0, 0.05) is 48.4 Å². The maximum Gasteiger partial charge on any atom is 0.319 e. The lowest BCUT2D eigenvalue weighted by molar-refractivity contribution is 0.131. The standard InChI is InChI=1S/C29H34ClF2N5O3/c1-17-21(27(30)36(2)35-17)16-37-12-11-29(18-5-8-24(39-3)25(13-18)40-4)10-9-20(15-26(29)37)34-28(38)33-19-6-7-22(31)23(32)14-19/h5-8,13-14,20,26H,9-12,15-16H2,1-4H3,(H2,33,34,38). The first-order valence-electron chi connectivity index (χ1n) is 13.3. The van der Waals surface area contributed by atoms with Gasteiger partial charge in [-0.15, -0.1) is 0 Å². The molecule has 3 unspecified atom stereocenters. The predicted octanol–water partition coefficient (Wildman–Crippen LogP) is 5.56. The summed E-state index contributed by atoms with van der Waals surface area (Å²) in [6.45, 7) is 3.47. The number of hydrogen-bond donors (Lipinski definition) is 2. The Labute approximate surface area is 237 Å². The number of aryl methyl sites for hydroxylation is 2. The van der Waals surface area contributed by atoms with Gasteiger partial charge in [-0.05, 0) is 69.0 Å². The van der Waals surface area contributed by atoms with E-state index >= 15 is 0 Å². The van der Waals surface area contributed by atoms with Gasteiger partial charge in [-0.3, -0.25) is 9.58 Å². The monoisotopic (exact) mass is 573 g/mol. The average molecular weight is 574 g/mol. The van der Waals surface area contributed by atoms with Crippen molar-refractivity contribution in [1.29, 1.82) is 0 Å². The highest BCUT2D eigenvalue weighted by Crippen LogP contribution is 2.51. The number of nitrogens with one attached hydrogen (secondary N) is 2. The first-order valence-corrected chi connectivity index (χ1v) is 13.7. The second-order valence-electron chi connectivity index (χ2n) is 10.6. The zero-order chi connectivity index (χ0) is 28.6. The predicted molar refractivity (Wildman–Crippen MR) is 149 cm³/mol. The number of fused-ring (bicyclic) bond motifs is 1. The van der Waals surface area contributed by atoms with E-state index in [1.54, 1.807) is 18.9 Å². The zero-order valence-corrected chi connectivity index (χ0v) is 23.8. The Balaban J connectivity index is 1.41. The molecule has 1 saturated carbocycles. The lowest BCUT2D eigenvalue weighted by Gasteiger charge is -2.45. The summed E-state index contributed by atoms with van der Waals surface area (Å²) in [5.74, 6) is -0.615. The summed E-state index contributed by atoms with van der Waals surface area (Å²) >= 11 is 6.62. The zero-order valence-electron chi connectivity index (χ0n) is 23.1. The number of likely N-dealkylation sites (tertiary alicyclic amines) is 1. The van der Waals surface area contributed by atoms with E-state index in [9.17, 15) is 13.6 Å². The van der Waals surface area contributed by atoms with Gasteiger partial charge in [0.05, 0.1) is 19.9 Å². The van der Waals surface area contributed by atoms with Crippen molar-refractivity contribution in [2.45, 2.75) is 56.7 Å². The van der Waals surface area contributed by atoms with Gasteiger partial charge < -0.3 is 20.1 Å². The molecule has 214 valence electrons. The van der Waals surface area contributed by atoms with E-state index in [1.807, 2.05) is 20.0 Å². The van der Waals surface area contributed by atoms with Crippen LogP contribution in [0.5, 0.6) is 11.5 Å². The molecule has 2 heterocycles. The van der Waals surface area contributed by atoms with Crippen LogP contribution < -0.4 is 20.1 Å². The molecule has 40 heavy (non-hydrogen) atoms. The fraction of sp³-hybridized carbons (Fsp3) is 0.448. The van der Waals surface area contributed by atoms with Gasteiger partial charge in [0.2, 0.25) is 0 Å². The highest BCUT2D eigenvalue weighted by atomic mass is 35.5. The molecular weight excluding hydrogens is 540 g/mol. The number of hydrogen-bond acceptors (Lipinski definition) is 5. The van der Waals surface area contributed by atoms with Crippen LogP contribution in [0.15, 0.2) is 36.4 Å². The number of halogens is 3. The van der Waals surface area contributed by atoms with E-state index in [4.69, 9.17) is 21.1 Å². The Morgan fingerprint density at radius 1 is 1.12 bits per heavy atom. The Kier molecular flexibility index (Phi) is 7.92. The first-order chi connectivity index (χ1) is 19.1. The van der Waals surface area contributed by atoms with E-state index in [0.717, 1.165) is 49.2 Å². The van der Waals surface area contributed by atoms with Crippen molar-refractivity contribution in [2.75, 3.05) is 26.1 Å². The summed E-state index contributed by atoms with van der Waals surface area (Å²) in [7, 11) is 5.10. The van der Waals surface area contributed by atoms with Crippen molar-refractivity contribution >= 4 is 23.3 Å². The third-order valence-electron chi connectivity index (χ3n) is 8.47. The molecule has 5 rings (SSSR count). The fourth-order valence-electron chi connectivity index (χ4n) is 6.43. The van der Waals surface area contributed by atoms with E-state index in [2.05, 4.69) is 32.8 Å². The SMILES string of the molecule is COc1ccc(C23CCC(NC(=O)Nc4ccc(F)c(F)c4)CC2N(Cc2c(C)nn(C)c2Cl)CC3)cc1OC. The largest absolute Gasteiger partial charge is 0.493 e. The molecule has 3 aromatic rings.